The quantitative estimate of drug-likeness (QED) is 0.351. The van der Waals surface area contributed by atoms with E-state index in [1.54, 1.807) is 9.62 Å². The van der Waals surface area contributed by atoms with Crippen LogP contribution in [0.25, 0.3) is 11.1 Å². The first kappa shape index (κ1) is 33.7. The van der Waals surface area contributed by atoms with Crippen molar-refractivity contribution in [2.45, 2.75) is 45.7 Å². The number of nitrogens with zero attached hydrogens (tertiary/aromatic N) is 4. The van der Waals surface area contributed by atoms with Crippen molar-refractivity contribution >= 4 is 27.7 Å². The largest absolute Gasteiger partial charge is 0.494 e. The molecule has 2 heterocycles. The Bertz CT molecular complexity index is 1630. The molecule has 10 nitrogen and oxygen atoms in total. The number of sulfonamides is 1. The van der Waals surface area contributed by atoms with Gasteiger partial charge in [0, 0.05) is 31.7 Å². The van der Waals surface area contributed by atoms with Gasteiger partial charge in [0.05, 0.1) is 18.8 Å². The molecule has 1 aliphatic heterocycles. The number of alkyl halides is 3. The Morgan fingerprint density at radius 2 is 1.64 bits per heavy atom. The molecule has 4 rings (SSSR count). The van der Waals surface area contributed by atoms with Crippen LogP contribution in [0.2, 0.25) is 0 Å². The Balaban J connectivity index is 1.43. The second kappa shape index (κ2) is 13.4. The van der Waals surface area contributed by atoms with E-state index in [2.05, 4.69) is 37.0 Å². The molecule has 14 heteroatoms. The predicted octanol–water partition coefficient (Wildman–Crippen LogP) is 4.81. The van der Waals surface area contributed by atoms with Gasteiger partial charge in [-0.05, 0) is 65.4 Å². The summed E-state index contributed by atoms with van der Waals surface area (Å²) < 4.78 is 68.0. The summed E-state index contributed by atoms with van der Waals surface area (Å²) in [4.78, 5) is 29.6. The summed E-state index contributed by atoms with van der Waals surface area (Å²) in [6, 6.07) is 16.4. The van der Waals surface area contributed by atoms with Crippen LogP contribution in [-0.2, 0) is 15.4 Å². The van der Waals surface area contributed by atoms with Crippen molar-refractivity contribution in [3.8, 4) is 16.9 Å². The predicted molar refractivity (Wildman–Crippen MR) is 164 cm³/mol. The molecule has 1 fully saturated rings. The van der Waals surface area contributed by atoms with Crippen LogP contribution in [-0.4, -0.2) is 80.0 Å². The first-order valence-electron chi connectivity index (χ1n) is 14.4. The van der Waals surface area contributed by atoms with E-state index in [0.29, 0.717) is 44.2 Å². The Hall–Kier alpha value is -4.20. The number of carbonyl (C=O) groups is 2. The van der Waals surface area contributed by atoms with E-state index >= 15 is 0 Å². The van der Waals surface area contributed by atoms with Gasteiger partial charge in [-0.1, -0.05) is 39.0 Å². The van der Waals surface area contributed by atoms with Gasteiger partial charge < -0.3 is 14.5 Å². The molecule has 0 aliphatic carbocycles. The molecule has 0 saturated carbocycles. The Kier molecular flexibility index (Phi) is 10.1. The monoisotopic (exact) mass is 647 g/mol. The van der Waals surface area contributed by atoms with E-state index in [-0.39, 0.29) is 17.0 Å². The number of hydrogen-bond acceptors (Lipinski definition) is 8. The molecular formula is C31H36F3N5O5S. The highest BCUT2D eigenvalue weighted by Gasteiger charge is 2.31. The van der Waals surface area contributed by atoms with Crippen molar-refractivity contribution < 1.29 is 35.9 Å². The highest BCUT2D eigenvalue weighted by atomic mass is 32.2. The molecule has 1 aliphatic rings. The van der Waals surface area contributed by atoms with E-state index in [4.69, 9.17) is 4.74 Å². The molecule has 0 atom stereocenters. The molecule has 242 valence electrons. The fourth-order valence-corrected chi connectivity index (χ4v) is 5.70. The van der Waals surface area contributed by atoms with Gasteiger partial charge in [-0.15, -0.1) is 10.2 Å². The molecule has 0 bridgehead atoms. The lowest BCUT2D eigenvalue weighted by molar-refractivity contribution is -0.130. The third-order valence-corrected chi connectivity index (χ3v) is 8.44. The number of anilines is 1. The Labute approximate surface area is 260 Å². The van der Waals surface area contributed by atoms with E-state index in [9.17, 15) is 31.2 Å². The maximum atomic E-state index is 13.7. The number of halogens is 3. The number of nitrogens with one attached hydrogen (secondary N) is 1. The van der Waals surface area contributed by atoms with Crippen molar-refractivity contribution in [3.63, 3.8) is 0 Å². The van der Waals surface area contributed by atoms with Gasteiger partial charge in [0.1, 0.15) is 5.75 Å². The highest BCUT2D eigenvalue weighted by Crippen LogP contribution is 2.32. The fraction of sp³-hybridized carbons (Fsp3) is 0.419. The van der Waals surface area contributed by atoms with Crippen LogP contribution in [0.4, 0.5) is 19.0 Å². The Morgan fingerprint density at radius 1 is 0.933 bits per heavy atom. The normalized spacial score (nSPS) is 14.3. The van der Waals surface area contributed by atoms with Crippen LogP contribution in [0.5, 0.6) is 5.75 Å². The summed E-state index contributed by atoms with van der Waals surface area (Å²) >= 11 is 0. The van der Waals surface area contributed by atoms with Gasteiger partial charge in [-0.2, -0.15) is 13.2 Å². The summed E-state index contributed by atoms with van der Waals surface area (Å²) in [5.41, 5.74) is 2.91. The number of rotatable bonds is 9. The van der Waals surface area contributed by atoms with Crippen LogP contribution in [0, 0.1) is 0 Å². The topological polar surface area (TPSA) is 122 Å². The molecule has 2 aromatic carbocycles. The molecule has 2 amide bonds. The summed E-state index contributed by atoms with van der Waals surface area (Å²) in [7, 11) is -4.50. The zero-order valence-corrected chi connectivity index (χ0v) is 26.3. The standard InChI is InChI=1S/C31H36F3N5O5S/c1-5-44-25-8-6-7-21(20-25)22-17-23(19-24(18-22)30(2,3)4)29(41)39-14-12-38(13-15-39)27-10-9-26(35-36-27)28(40)37-45(42,43)16-11-31(32,33)34/h6-10,17-20H,5,11-16H2,1-4H3,(H,37,40). The van der Waals surface area contributed by atoms with E-state index in [0.717, 1.165) is 22.4 Å². The highest BCUT2D eigenvalue weighted by molar-refractivity contribution is 7.90. The van der Waals surface area contributed by atoms with Gasteiger partial charge in [0.2, 0.25) is 10.0 Å². The zero-order valence-electron chi connectivity index (χ0n) is 25.5. The number of hydrogen-bond donors (Lipinski definition) is 1. The van der Waals surface area contributed by atoms with Crippen molar-refractivity contribution in [1.82, 2.24) is 19.8 Å². The molecule has 1 saturated heterocycles. The summed E-state index contributed by atoms with van der Waals surface area (Å²) in [6.07, 6.45) is -6.26. The minimum absolute atomic E-state index is 0.104. The van der Waals surface area contributed by atoms with Gasteiger partial charge in [-0.25, -0.2) is 13.1 Å². The number of amides is 2. The lowest BCUT2D eigenvalue weighted by Crippen LogP contribution is -2.49. The molecule has 0 radical (unpaired) electrons. The number of carbonyl (C=O) groups excluding carboxylic acids is 2. The van der Waals surface area contributed by atoms with Gasteiger partial charge in [0.25, 0.3) is 11.8 Å². The second-order valence-electron chi connectivity index (χ2n) is 11.7. The van der Waals surface area contributed by atoms with Crippen LogP contribution in [0.15, 0.2) is 54.6 Å². The molecule has 3 aromatic rings. The van der Waals surface area contributed by atoms with Crippen molar-refractivity contribution in [3.05, 3.63) is 71.4 Å². The summed E-state index contributed by atoms with van der Waals surface area (Å²) in [6.45, 7) is 10.4. The minimum Gasteiger partial charge on any atom is -0.494 e. The molecule has 0 unspecified atom stereocenters. The lowest BCUT2D eigenvalue weighted by atomic mass is 9.84. The molecule has 45 heavy (non-hydrogen) atoms. The van der Waals surface area contributed by atoms with E-state index in [1.165, 1.54) is 12.1 Å². The first-order chi connectivity index (χ1) is 21.0. The van der Waals surface area contributed by atoms with Crippen LogP contribution in [0.3, 0.4) is 0 Å². The average molecular weight is 648 g/mol. The summed E-state index contributed by atoms with van der Waals surface area (Å²) in [5.74, 6) is -1.40. The van der Waals surface area contributed by atoms with Crippen LogP contribution >= 0.6 is 0 Å². The molecule has 1 aromatic heterocycles. The number of ether oxygens (including phenoxy) is 1. The number of aromatic nitrogens is 2. The van der Waals surface area contributed by atoms with Gasteiger partial charge in [-0.3, -0.25) is 9.59 Å². The third-order valence-electron chi connectivity index (χ3n) is 7.20. The van der Waals surface area contributed by atoms with E-state index < -0.39 is 34.3 Å². The molecular weight excluding hydrogens is 611 g/mol. The van der Waals surface area contributed by atoms with Crippen molar-refractivity contribution in [2.24, 2.45) is 0 Å². The van der Waals surface area contributed by atoms with Crippen molar-refractivity contribution in [2.75, 3.05) is 43.4 Å². The molecule has 0 spiro atoms. The van der Waals surface area contributed by atoms with Crippen LogP contribution < -0.4 is 14.4 Å². The van der Waals surface area contributed by atoms with Crippen molar-refractivity contribution in [1.29, 1.82) is 0 Å². The number of piperazine rings is 1. The zero-order chi connectivity index (χ0) is 33.0. The number of benzene rings is 2. The fourth-order valence-electron chi connectivity index (χ4n) is 4.71. The third kappa shape index (κ3) is 9.16. The SMILES string of the molecule is CCOc1cccc(-c2cc(C(=O)N3CCN(c4ccc(C(=O)NS(=O)(=O)CCC(F)(F)F)nn4)CC3)cc(C(C)(C)C)c2)c1. The Morgan fingerprint density at radius 3 is 2.24 bits per heavy atom. The minimum atomic E-state index is -4.68. The van der Waals surface area contributed by atoms with Crippen LogP contribution in [0.1, 0.15) is 60.5 Å². The van der Waals surface area contributed by atoms with E-state index in [1.807, 2.05) is 48.2 Å². The average Bonchev–Trinajstić information content (AvgIpc) is 2.99. The summed E-state index contributed by atoms with van der Waals surface area (Å²) in [5, 5.41) is 7.75. The second-order valence-corrected chi connectivity index (χ2v) is 13.5. The van der Waals surface area contributed by atoms with Gasteiger partial charge in [0.15, 0.2) is 11.5 Å². The first-order valence-corrected chi connectivity index (χ1v) is 16.1. The maximum absolute atomic E-state index is 13.7. The lowest BCUT2D eigenvalue weighted by Gasteiger charge is -2.35. The molecule has 1 N–H and O–H groups in total. The maximum Gasteiger partial charge on any atom is 0.390 e. The smallest absolute Gasteiger partial charge is 0.390 e. The van der Waals surface area contributed by atoms with Gasteiger partial charge >= 0.3 is 6.18 Å².